The molecule has 2 aromatic rings. The van der Waals surface area contributed by atoms with Gasteiger partial charge in [-0.2, -0.15) is 5.10 Å². The van der Waals surface area contributed by atoms with E-state index in [2.05, 4.69) is 49.7 Å². The Balaban J connectivity index is 2.65. The van der Waals surface area contributed by atoms with Crippen LogP contribution in [0.2, 0.25) is 0 Å². The Kier molecular flexibility index (Phi) is 2.45. The number of fused-ring (bicyclic) bond motifs is 1. The molecular formula is C12H18N4. The van der Waals surface area contributed by atoms with Crippen molar-refractivity contribution in [3.63, 3.8) is 0 Å². The molecule has 0 aromatic carbocycles. The Morgan fingerprint density at radius 3 is 2.31 bits per heavy atom. The first kappa shape index (κ1) is 11.0. The van der Waals surface area contributed by atoms with Crippen molar-refractivity contribution < 1.29 is 0 Å². The molecule has 4 nitrogen and oxygen atoms in total. The van der Waals surface area contributed by atoms with Crippen LogP contribution in [-0.4, -0.2) is 19.6 Å². The van der Waals surface area contributed by atoms with Crippen LogP contribution in [0.25, 0.3) is 5.78 Å². The number of nitrogens with zero attached hydrogens (tertiary/aromatic N) is 4. The van der Waals surface area contributed by atoms with Crippen LogP contribution in [0, 0.1) is 0 Å². The van der Waals surface area contributed by atoms with Crippen molar-refractivity contribution in [3.8, 4) is 0 Å². The van der Waals surface area contributed by atoms with E-state index in [9.17, 15) is 0 Å². The first-order chi connectivity index (χ1) is 7.39. The smallest absolute Gasteiger partial charge is 0.218 e. The van der Waals surface area contributed by atoms with E-state index in [1.807, 2.05) is 10.7 Å². The van der Waals surface area contributed by atoms with Gasteiger partial charge < -0.3 is 0 Å². The minimum Gasteiger partial charge on any atom is -0.218 e. The fourth-order valence-electron chi connectivity index (χ4n) is 1.56. The summed E-state index contributed by atoms with van der Waals surface area (Å²) in [5.74, 6) is 1.06. The van der Waals surface area contributed by atoms with E-state index in [1.54, 1.807) is 6.20 Å². The van der Waals surface area contributed by atoms with Gasteiger partial charge in [0, 0.05) is 5.41 Å². The number of aromatic nitrogens is 4. The maximum Gasteiger partial charge on any atom is 0.250 e. The summed E-state index contributed by atoms with van der Waals surface area (Å²) in [6, 6.07) is 0. The molecule has 0 fully saturated rings. The van der Waals surface area contributed by atoms with E-state index in [4.69, 9.17) is 0 Å². The molecule has 86 valence electrons. The lowest BCUT2D eigenvalue weighted by Crippen LogP contribution is -2.16. The molecule has 2 rings (SSSR count). The molecular weight excluding hydrogens is 200 g/mol. The van der Waals surface area contributed by atoms with E-state index >= 15 is 0 Å². The zero-order valence-corrected chi connectivity index (χ0v) is 10.5. The fourth-order valence-corrected chi connectivity index (χ4v) is 1.56. The van der Waals surface area contributed by atoms with Gasteiger partial charge in [0.2, 0.25) is 0 Å². The first-order valence-electron chi connectivity index (χ1n) is 5.61. The summed E-state index contributed by atoms with van der Waals surface area (Å²) in [6.07, 6.45) is 3.67. The second-order valence-corrected chi connectivity index (χ2v) is 5.44. The van der Waals surface area contributed by atoms with E-state index in [0.717, 1.165) is 11.4 Å². The Morgan fingerprint density at radius 1 is 1.12 bits per heavy atom. The zero-order valence-electron chi connectivity index (χ0n) is 10.5. The maximum absolute atomic E-state index is 4.59. The molecule has 0 spiro atoms. The highest BCUT2D eigenvalue weighted by atomic mass is 15.3. The highest BCUT2D eigenvalue weighted by Crippen LogP contribution is 2.22. The maximum atomic E-state index is 4.59. The SMILES string of the molecule is CC(C)c1cnc2ncc(C(C)(C)C)n2n1. The molecule has 16 heavy (non-hydrogen) atoms. The molecule has 0 atom stereocenters. The van der Waals surface area contributed by atoms with Gasteiger partial charge in [0.15, 0.2) is 0 Å². The van der Waals surface area contributed by atoms with Crippen molar-refractivity contribution in [2.75, 3.05) is 0 Å². The molecule has 0 N–H and O–H groups in total. The predicted molar refractivity (Wildman–Crippen MR) is 63.6 cm³/mol. The van der Waals surface area contributed by atoms with Crippen molar-refractivity contribution in [1.82, 2.24) is 19.6 Å². The molecule has 0 radical (unpaired) electrons. The van der Waals surface area contributed by atoms with Crippen LogP contribution in [0.5, 0.6) is 0 Å². The summed E-state index contributed by atoms with van der Waals surface area (Å²) in [5.41, 5.74) is 2.12. The summed E-state index contributed by atoms with van der Waals surface area (Å²) in [7, 11) is 0. The Morgan fingerprint density at radius 2 is 1.75 bits per heavy atom. The molecule has 2 heterocycles. The van der Waals surface area contributed by atoms with Gasteiger partial charge in [0.1, 0.15) is 0 Å². The Hall–Kier alpha value is -1.45. The van der Waals surface area contributed by atoms with Crippen molar-refractivity contribution >= 4 is 5.78 Å². The lowest BCUT2D eigenvalue weighted by Gasteiger charge is -2.17. The summed E-state index contributed by atoms with van der Waals surface area (Å²) in [5, 5.41) is 4.59. The average Bonchev–Trinajstić information content (AvgIpc) is 2.58. The molecule has 0 bridgehead atoms. The highest BCUT2D eigenvalue weighted by Gasteiger charge is 2.20. The lowest BCUT2D eigenvalue weighted by molar-refractivity contribution is 0.545. The van der Waals surface area contributed by atoms with Gasteiger partial charge >= 0.3 is 0 Å². The van der Waals surface area contributed by atoms with E-state index in [-0.39, 0.29) is 5.41 Å². The fraction of sp³-hybridized carbons (Fsp3) is 0.583. The minimum absolute atomic E-state index is 0.0314. The van der Waals surface area contributed by atoms with Gasteiger partial charge in [-0.1, -0.05) is 34.6 Å². The lowest BCUT2D eigenvalue weighted by atomic mass is 9.93. The van der Waals surface area contributed by atoms with Crippen molar-refractivity contribution in [2.24, 2.45) is 0 Å². The Labute approximate surface area is 95.7 Å². The standard InChI is InChI=1S/C12H18N4/c1-8(2)9-6-13-11-14-7-10(12(3,4)5)16(11)15-9/h6-8H,1-5H3. The number of rotatable bonds is 1. The molecule has 0 unspecified atom stereocenters. The molecule has 0 saturated heterocycles. The number of imidazole rings is 1. The summed E-state index contributed by atoms with van der Waals surface area (Å²) < 4.78 is 1.86. The van der Waals surface area contributed by atoms with Crippen molar-refractivity contribution in [3.05, 3.63) is 23.8 Å². The average molecular weight is 218 g/mol. The van der Waals surface area contributed by atoms with Crippen molar-refractivity contribution in [1.29, 1.82) is 0 Å². The normalized spacial score (nSPS) is 12.6. The second kappa shape index (κ2) is 3.54. The molecule has 0 saturated carbocycles. The van der Waals surface area contributed by atoms with Crippen LogP contribution in [-0.2, 0) is 5.41 Å². The van der Waals surface area contributed by atoms with Gasteiger partial charge in [0.05, 0.1) is 23.8 Å². The van der Waals surface area contributed by atoms with E-state index in [0.29, 0.717) is 11.7 Å². The topological polar surface area (TPSA) is 43.1 Å². The van der Waals surface area contributed by atoms with E-state index in [1.165, 1.54) is 0 Å². The van der Waals surface area contributed by atoms with Crippen LogP contribution >= 0.6 is 0 Å². The monoisotopic (exact) mass is 218 g/mol. The third-order valence-corrected chi connectivity index (χ3v) is 2.61. The third-order valence-electron chi connectivity index (χ3n) is 2.61. The highest BCUT2D eigenvalue weighted by molar-refractivity contribution is 5.31. The first-order valence-corrected chi connectivity index (χ1v) is 5.61. The van der Waals surface area contributed by atoms with Gasteiger partial charge in [-0.05, 0) is 5.92 Å². The molecule has 0 aliphatic rings. The zero-order chi connectivity index (χ0) is 11.9. The number of hydrogen-bond acceptors (Lipinski definition) is 3. The van der Waals surface area contributed by atoms with E-state index < -0.39 is 0 Å². The molecule has 0 amide bonds. The van der Waals surface area contributed by atoms with Crippen LogP contribution < -0.4 is 0 Å². The largest absolute Gasteiger partial charge is 0.250 e. The molecule has 0 aliphatic heterocycles. The van der Waals surface area contributed by atoms with Crippen LogP contribution in [0.1, 0.15) is 51.9 Å². The van der Waals surface area contributed by atoms with Gasteiger partial charge in [-0.25, -0.2) is 14.5 Å². The van der Waals surface area contributed by atoms with Gasteiger partial charge in [-0.3, -0.25) is 0 Å². The number of hydrogen-bond donors (Lipinski definition) is 0. The minimum atomic E-state index is 0.0314. The summed E-state index contributed by atoms with van der Waals surface area (Å²) in [6.45, 7) is 10.7. The molecule has 4 heteroatoms. The van der Waals surface area contributed by atoms with Crippen molar-refractivity contribution in [2.45, 2.75) is 46.0 Å². The second-order valence-electron chi connectivity index (χ2n) is 5.44. The quantitative estimate of drug-likeness (QED) is 0.738. The predicted octanol–water partition coefficient (Wildman–Crippen LogP) is 2.55. The molecule has 0 aliphatic carbocycles. The van der Waals surface area contributed by atoms with Crippen LogP contribution in [0.4, 0.5) is 0 Å². The Bertz CT molecular complexity index is 505. The van der Waals surface area contributed by atoms with Gasteiger partial charge in [0.25, 0.3) is 5.78 Å². The molecule has 2 aromatic heterocycles. The third kappa shape index (κ3) is 1.79. The van der Waals surface area contributed by atoms with Crippen LogP contribution in [0.3, 0.4) is 0 Å². The summed E-state index contributed by atoms with van der Waals surface area (Å²) >= 11 is 0. The van der Waals surface area contributed by atoms with Crippen LogP contribution in [0.15, 0.2) is 12.4 Å². The van der Waals surface area contributed by atoms with Gasteiger partial charge in [-0.15, -0.1) is 0 Å². The summed E-state index contributed by atoms with van der Waals surface area (Å²) in [4.78, 5) is 8.60.